The van der Waals surface area contributed by atoms with Gasteiger partial charge < -0.3 is 15.4 Å². The number of hydrogen-bond acceptors (Lipinski definition) is 6. The highest BCUT2D eigenvalue weighted by molar-refractivity contribution is 14.0. The predicted octanol–water partition coefficient (Wildman–Crippen LogP) is 3.50. The quantitative estimate of drug-likeness (QED) is 0.241. The van der Waals surface area contributed by atoms with Gasteiger partial charge in [0.2, 0.25) is 0 Å². The minimum atomic E-state index is -0.318. The van der Waals surface area contributed by atoms with E-state index in [9.17, 15) is 4.79 Å². The second-order valence-corrected chi connectivity index (χ2v) is 6.92. The summed E-state index contributed by atoms with van der Waals surface area (Å²) in [7, 11) is 0. The first-order chi connectivity index (χ1) is 13.0. The van der Waals surface area contributed by atoms with Gasteiger partial charge in [0.15, 0.2) is 5.96 Å². The molecule has 1 atom stereocenters. The number of thiazole rings is 1. The van der Waals surface area contributed by atoms with Gasteiger partial charge in [-0.3, -0.25) is 9.98 Å². The Morgan fingerprint density at radius 3 is 2.79 bits per heavy atom. The summed E-state index contributed by atoms with van der Waals surface area (Å²) in [6.07, 6.45) is 2.56. The minimum Gasteiger partial charge on any atom is -0.462 e. The fraction of sp³-hybridized carbons (Fsp3) is 0.474. The average molecular weight is 517 g/mol. The molecule has 154 valence electrons. The van der Waals surface area contributed by atoms with E-state index in [-0.39, 0.29) is 36.0 Å². The van der Waals surface area contributed by atoms with E-state index in [1.54, 1.807) is 13.1 Å². The Bertz CT molecular complexity index is 767. The molecule has 9 heteroatoms. The van der Waals surface area contributed by atoms with Crippen LogP contribution in [0.2, 0.25) is 0 Å². The molecule has 2 heterocycles. The normalized spacial score (nSPS) is 12.1. The van der Waals surface area contributed by atoms with Crippen LogP contribution in [0.1, 0.15) is 52.9 Å². The standard InChI is InChI=1S/C19H27N5O2S.HI/c1-5-20-19(22-12-10-15-9-7-8-11-21-15)24-14(4)17-23-13(3)16(27-17)18(25)26-6-2;/h7-9,11,14H,5-6,10,12H2,1-4H3,(H2,20,22,24);1H. The molecule has 7 nitrogen and oxygen atoms in total. The molecule has 2 rings (SSSR count). The summed E-state index contributed by atoms with van der Waals surface area (Å²) in [5.74, 6) is 0.397. The van der Waals surface area contributed by atoms with Crippen LogP contribution < -0.4 is 10.6 Å². The first kappa shape index (κ1) is 24.3. The molecular formula is C19H28IN5O2S. The summed E-state index contributed by atoms with van der Waals surface area (Å²) in [5.41, 5.74) is 1.71. The summed E-state index contributed by atoms with van der Waals surface area (Å²) in [6.45, 7) is 9.38. The lowest BCUT2D eigenvalue weighted by Crippen LogP contribution is -2.38. The van der Waals surface area contributed by atoms with Crippen LogP contribution in [0.15, 0.2) is 29.4 Å². The SMILES string of the molecule is CCNC(=NCCc1ccccn1)NC(C)c1nc(C)c(C(=O)OCC)s1.I. The molecule has 1 unspecified atom stereocenters. The number of aliphatic imine (C=N–C) groups is 1. The van der Waals surface area contributed by atoms with E-state index < -0.39 is 0 Å². The lowest BCUT2D eigenvalue weighted by Gasteiger charge is -2.16. The van der Waals surface area contributed by atoms with Crippen LogP contribution in [-0.4, -0.2) is 41.6 Å². The van der Waals surface area contributed by atoms with E-state index in [2.05, 4.69) is 25.6 Å². The third kappa shape index (κ3) is 7.34. The van der Waals surface area contributed by atoms with Gasteiger partial charge in [0.05, 0.1) is 18.3 Å². The van der Waals surface area contributed by atoms with Gasteiger partial charge in [0, 0.05) is 31.4 Å². The fourth-order valence-corrected chi connectivity index (χ4v) is 3.37. The summed E-state index contributed by atoms with van der Waals surface area (Å²) in [5, 5.41) is 7.41. The van der Waals surface area contributed by atoms with Gasteiger partial charge >= 0.3 is 5.97 Å². The van der Waals surface area contributed by atoms with Crippen LogP contribution in [0.3, 0.4) is 0 Å². The number of guanidine groups is 1. The van der Waals surface area contributed by atoms with Crippen molar-refractivity contribution in [2.24, 2.45) is 4.99 Å². The molecule has 0 amide bonds. The Labute approximate surface area is 187 Å². The van der Waals surface area contributed by atoms with E-state index in [0.717, 1.165) is 23.7 Å². The molecule has 2 aromatic rings. The van der Waals surface area contributed by atoms with Crippen LogP contribution in [-0.2, 0) is 11.2 Å². The number of nitrogens with one attached hydrogen (secondary N) is 2. The number of ether oxygens (including phenoxy) is 1. The molecule has 0 aliphatic carbocycles. The van der Waals surface area contributed by atoms with Crippen molar-refractivity contribution in [3.8, 4) is 0 Å². The van der Waals surface area contributed by atoms with E-state index >= 15 is 0 Å². The molecule has 0 radical (unpaired) electrons. The van der Waals surface area contributed by atoms with Crippen molar-refractivity contribution in [2.75, 3.05) is 19.7 Å². The fourth-order valence-electron chi connectivity index (χ4n) is 2.40. The Morgan fingerprint density at radius 1 is 1.36 bits per heavy atom. The predicted molar refractivity (Wildman–Crippen MR) is 124 cm³/mol. The van der Waals surface area contributed by atoms with Crippen molar-refractivity contribution < 1.29 is 9.53 Å². The Morgan fingerprint density at radius 2 is 2.14 bits per heavy atom. The zero-order valence-electron chi connectivity index (χ0n) is 16.7. The second kappa shape index (κ2) is 12.7. The molecule has 0 spiro atoms. The number of hydrogen-bond donors (Lipinski definition) is 2. The molecule has 0 fully saturated rings. The summed E-state index contributed by atoms with van der Waals surface area (Å²) >= 11 is 1.36. The molecule has 0 bridgehead atoms. The highest BCUT2D eigenvalue weighted by atomic mass is 127. The first-order valence-corrected chi connectivity index (χ1v) is 9.96. The van der Waals surface area contributed by atoms with Gasteiger partial charge in [-0.1, -0.05) is 6.07 Å². The summed E-state index contributed by atoms with van der Waals surface area (Å²) in [4.78, 5) is 26.0. The van der Waals surface area contributed by atoms with Crippen molar-refractivity contribution in [3.63, 3.8) is 0 Å². The van der Waals surface area contributed by atoms with E-state index in [1.165, 1.54) is 11.3 Å². The van der Waals surface area contributed by atoms with Crippen LogP contribution in [0.25, 0.3) is 0 Å². The largest absolute Gasteiger partial charge is 0.462 e. The average Bonchev–Trinajstić information content (AvgIpc) is 3.05. The molecule has 0 aliphatic heterocycles. The van der Waals surface area contributed by atoms with Crippen LogP contribution >= 0.6 is 35.3 Å². The van der Waals surface area contributed by atoms with E-state index in [1.807, 2.05) is 39.0 Å². The number of carbonyl (C=O) groups excluding carboxylic acids is 1. The molecule has 0 saturated heterocycles. The van der Waals surface area contributed by atoms with Crippen LogP contribution in [0.4, 0.5) is 0 Å². The maximum absolute atomic E-state index is 12.0. The molecule has 28 heavy (non-hydrogen) atoms. The maximum atomic E-state index is 12.0. The number of carbonyl (C=O) groups is 1. The van der Waals surface area contributed by atoms with Crippen molar-refractivity contribution in [2.45, 2.75) is 40.2 Å². The van der Waals surface area contributed by atoms with Crippen molar-refractivity contribution >= 4 is 47.2 Å². The molecule has 0 aromatic carbocycles. The molecule has 0 aliphatic rings. The number of aryl methyl sites for hydroxylation is 1. The minimum absolute atomic E-state index is 0. The smallest absolute Gasteiger partial charge is 0.350 e. The van der Waals surface area contributed by atoms with E-state index in [0.29, 0.717) is 29.7 Å². The number of rotatable bonds is 8. The summed E-state index contributed by atoms with van der Waals surface area (Å²) in [6, 6.07) is 5.79. The van der Waals surface area contributed by atoms with Crippen molar-refractivity contribution in [1.82, 2.24) is 20.6 Å². The van der Waals surface area contributed by atoms with Gasteiger partial charge in [-0.05, 0) is 39.8 Å². The Hall–Kier alpha value is -1.75. The Balaban J connectivity index is 0.00000392. The van der Waals surface area contributed by atoms with Gasteiger partial charge in [-0.25, -0.2) is 9.78 Å². The Kier molecular flexibility index (Phi) is 11.0. The van der Waals surface area contributed by atoms with Crippen molar-refractivity contribution in [1.29, 1.82) is 0 Å². The molecule has 0 saturated carbocycles. The highest BCUT2D eigenvalue weighted by Crippen LogP contribution is 2.24. The van der Waals surface area contributed by atoms with E-state index in [4.69, 9.17) is 4.74 Å². The first-order valence-electron chi connectivity index (χ1n) is 9.14. The number of esters is 1. The topological polar surface area (TPSA) is 88.5 Å². The van der Waals surface area contributed by atoms with Crippen LogP contribution in [0.5, 0.6) is 0 Å². The van der Waals surface area contributed by atoms with Gasteiger partial charge in [-0.15, -0.1) is 35.3 Å². The number of halogens is 1. The van der Waals surface area contributed by atoms with Gasteiger partial charge in [-0.2, -0.15) is 0 Å². The van der Waals surface area contributed by atoms with Crippen LogP contribution in [0, 0.1) is 6.92 Å². The molecule has 2 N–H and O–H groups in total. The second-order valence-electron chi connectivity index (χ2n) is 5.88. The zero-order chi connectivity index (χ0) is 19.6. The summed E-state index contributed by atoms with van der Waals surface area (Å²) < 4.78 is 5.09. The van der Waals surface area contributed by atoms with Gasteiger partial charge in [0.1, 0.15) is 9.88 Å². The van der Waals surface area contributed by atoms with Gasteiger partial charge in [0.25, 0.3) is 0 Å². The third-order valence-corrected chi connectivity index (χ3v) is 5.03. The number of aromatic nitrogens is 2. The maximum Gasteiger partial charge on any atom is 0.350 e. The van der Waals surface area contributed by atoms with Crippen molar-refractivity contribution in [3.05, 3.63) is 45.7 Å². The zero-order valence-corrected chi connectivity index (χ0v) is 19.8. The lowest BCUT2D eigenvalue weighted by molar-refractivity contribution is 0.0531. The monoisotopic (exact) mass is 517 g/mol. The highest BCUT2D eigenvalue weighted by Gasteiger charge is 2.20. The number of nitrogens with zero attached hydrogens (tertiary/aromatic N) is 3. The lowest BCUT2D eigenvalue weighted by atomic mass is 10.3. The third-order valence-electron chi connectivity index (χ3n) is 3.71. The number of pyridine rings is 1. The molecular weight excluding hydrogens is 489 g/mol. The molecule has 2 aromatic heterocycles.